The van der Waals surface area contributed by atoms with Crippen molar-refractivity contribution < 1.29 is 13.9 Å². The van der Waals surface area contributed by atoms with Gasteiger partial charge in [-0.05, 0) is 29.2 Å². The van der Waals surface area contributed by atoms with Crippen LogP contribution in [0.2, 0.25) is 0 Å². The second-order valence-corrected chi connectivity index (χ2v) is 7.53. The molecule has 2 aromatic carbocycles. The molecule has 0 saturated carbocycles. The van der Waals surface area contributed by atoms with Gasteiger partial charge >= 0.3 is 0 Å². The van der Waals surface area contributed by atoms with Crippen molar-refractivity contribution in [1.29, 1.82) is 0 Å². The van der Waals surface area contributed by atoms with Gasteiger partial charge < -0.3 is 20.7 Å². The van der Waals surface area contributed by atoms with Crippen LogP contribution in [-0.2, 0) is 30.7 Å². The Morgan fingerprint density at radius 3 is 2.47 bits per heavy atom. The minimum atomic E-state index is -0.524. The zero-order chi connectivity index (χ0) is 23.1. The quantitative estimate of drug-likeness (QED) is 0.505. The van der Waals surface area contributed by atoms with E-state index in [1.165, 1.54) is 11.9 Å². The van der Waals surface area contributed by atoms with Crippen LogP contribution < -0.4 is 20.7 Å². The number of carbonyl (C=O) groups is 1. The van der Waals surface area contributed by atoms with Crippen molar-refractivity contribution in [2.45, 2.75) is 32.9 Å². The van der Waals surface area contributed by atoms with Gasteiger partial charge in [-0.3, -0.25) is 4.79 Å². The number of primary amides is 1. The van der Waals surface area contributed by atoms with E-state index >= 15 is 4.39 Å². The summed E-state index contributed by atoms with van der Waals surface area (Å²) in [5, 5.41) is 3.02. The fourth-order valence-corrected chi connectivity index (χ4v) is 3.38. The highest BCUT2D eigenvalue weighted by atomic mass is 19.1. The predicted molar refractivity (Wildman–Crippen MR) is 123 cm³/mol. The summed E-state index contributed by atoms with van der Waals surface area (Å²) >= 11 is 0. The van der Waals surface area contributed by atoms with Crippen LogP contribution in [0, 0.1) is 5.82 Å². The number of hydrogen-bond donors (Lipinski definition) is 2. The predicted octanol–water partition coefficient (Wildman–Crippen LogP) is 3.46. The third-order valence-corrected chi connectivity index (χ3v) is 5.16. The first-order valence-electron chi connectivity index (χ1n) is 10.4. The number of aromatic nitrogens is 2. The summed E-state index contributed by atoms with van der Waals surface area (Å²) in [6, 6.07) is 13.4. The fourth-order valence-electron chi connectivity index (χ4n) is 3.38. The van der Waals surface area contributed by atoms with Gasteiger partial charge in [0, 0.05) is 25.7 Å². The number of rotatable bonds is 10. The van der Waals surface area contributed by atoms with E-state index in [0.29, 0.717) is 13.1 Å². The largest absolute Gasteiger partial charge is 0.496 e. The number of nitrogens with zero attached hydrogens (tertiary/aromatic N) is 3. The molecule has 7 nitrogen and oxygen atoms in total. The standard InChI is InChI=1S/C24H28FN5O2/c1-4-16-9-10-19(20(11-16)32-3)14-30(2)24-22(25)23(28-15-29-24)27-13-18-7-5-17(6-8-18)12-21(26)31/h5-11,15H,4,12-14H2,1-3H3,(H2,26,31)(H,27,28,29). The van der Waals surface area contributed by atoms with Gasteiger partial charge in [0.25, 0.3) is 0 Å². The minimum absolute atomic E-state index is 0.122. The summed E-state index contributed by atoms with van der Waals surface area (Å²) in [7, 11) is 3.41. The zero-order valence-corrected chi connectivity index (χ0v) is 18.6. The van der Waals surface area contributed by atoms with Gasteiger partial charge in [-0.2, -0.15) is 4.39 Å². The number of anilines is 2. The molecule has 0 unspecified atom stereocenters. The molecule has 0 radical (unpaired) electrons. The molecule has 0 aliphatic rings. The lowest BCUT2D eigenvalue weighted by molar-refractivity contribution is -0.117. The van der Waals surface area contributed by atoms with Crippen molar-refractivity contribution in [2.75, 3.05) is 24.4 Å². The highest BCUT2D eigenvalue weighted by Gasteiger charge is 2.16. The van der Waals surface area contributed by atoms with Crippen LogP contribution in [0.4, 0.5) is 16.0 Å². The molecule has 32 heavy (non-hydrogen) atoms. The van der Waals surface area contributed by atoms with Crippen LogP contribution in [-0.4, -0.2) is 30.0 Å². The smallest absolute Gasteiger partial charge is 0.221 e. The topological polar surface area (TPSA) is 93.4 Å². The summed E-state index contributed by atoms with van der Waals surface area (Å²) in [5.41, 5.74) is 9.09. The molecule has 1 heterocycles. The van der Waals surface area contributed by atoms with Gasteiger partial charge in [0.15, 0.2) is 11.6 Å². The summed E-state index contributed by atoms with van der Waals surface area (Å²) in [4.78, 5) is 20.9. The van der Waals surface area contributed by atoms with Crippen LogP contribution in [0.3, 0.4) is 0 Å². The zero-order valence-electron chi connectivity index (χ0n) is 18.6. The molecule has 3 aromatic rings. The molecule has 0 aliphatic heterocycles. The van der Waals surface area contributed by atoms with Gasteiger partial charge in [0.05, 0.1) is 13.5 Å². The number of amides is 1. The van der Waals surface area contributed by atoms with Gasteiger partial charge in [-0.25, -0.2) is 9.97 Å². The number of nitrogens with one attached hydrogen (secondary N) is 1. The molecule has 3 rings (SSSR count). The molecule has 0 spiro atoms. The van der Waals surface area contributed by atoms with Crippen LogP contribution in [0.25, 0.3) is 0 Å². The van der Waals surface area contributed by atoms with Crippen molar-refractivity contribution in [2.24, 2.45) is 5.73 Å². The van der Waals surface area contributed by atoms with Gasteiger partial charge in [-0.15, -0.1) is 0 Å². The van der Waals surface area contributed by atoms with Crippen LogP contribution >= 0.6 is 0 Å². The van der Waals surface area contributed by atoms with Gasteiger partial charge in [-0.1, -0.05) is 43.3 Å². The molecule has 0 fully saturated rings. The average Bonchev–Trinajstić information content (AvgIpc) is 2.79. The molecule has 0 atom stereocenters. The summed E-state index contributed by atoms with van der Waals surface area (Å²) in [5.74, 6) is 0.181. The van der Waals surface area contributed by atoms with E-state index in [1.807, 2.05) is 42.5 Å². The van der Waals surface area contributed by atoms with Crippen molar-refractivity contribution >= 4 is 17.5 Å². The number of ether oxygens (including phenoxy) is 1. The van der Waals surface area contributed by atoms with E-state index in [9.17, 15) is 4.79 Å². The van der Waals surface area contributed by atoms with Gasteiger partial charge in [0.1, 0.15) is 12.1 Å². The fraction of sp³-hybridized carbons (Fsp3) is 0.292. The van der Waals surface area contributed by atoms with E-state index in [0.717, 1.165) is 28.9 Å². The molecule has 1 amide bonds. The molecule has 3 N–H and O–H groups in total. The van der Waals surface area contributed by atoms with E-state index < -0.39 is 5.82 Å². The van der Waals surface area contributed by atoms with Crippen LogP contribution in [0.1, 0.15) is 29.2 Å². The molecular formula is C24H28FN5O2. The lowest BCUT2D eigenvalue weighted by Gasteiger charge is -2.21. The Morgan fingerprint density at radius 1 is 1.12 bits per heavy atom. The third-order valence-electron chi connectivity index (χ3n) is 5.16. The van der Waals surface area contributed by atoms with Crippen LogP contribution in [0.15, 0.2) is 48.8 Å². The Morgan fingerprint density at radius 2 is 1.81 bits per heavy atom. The molecule has 168 valence electrons. The van der Waals surface area contributed by atoms with E-state index in [2.05, 4.69) is 22.2 Å². The molecule has 0 bridgehead atoms. The molecule has 1 aromatic heterocycles. The van der Waals surface area contributed by atoms with E-state index in [-0.39, 0.29) is 24.0 Å². The van der Waals surface area contributed by atoms with Crippen LogP contribution in [0.5, 0.6) is 5.75 Å². The number of hydrogen-bond acceptors (Lipinski definition) is 6. The number of benzene rings is 2. The molecule has 0 saturated heterocycles. The van der Waals surface area contributed by atoms with Crippen molar-refractivity contribution in [1.82, 2.24) is 9.97 Å². The highest BCUT2D eigenvalue weighted by Crippen LogP contribution is 2.26. The summed E-state index contributed by atoms with van der Waals surface area (Å²) in [6.45, 7) is 2.89. The number of methoxy groups -OCH3 is 1. The number of aryl methyl sites for hydroxylation is 1. The normalized spacial score (nSPS) is 10.6. The summed E-state index contributed by atoms with van der Waals surface area (Å²) in [6.07, 6.45) is 2.44. The Hall–Kier alpha value is -3.68. The third kappa shape index (κ3) is 5.72. The lowest BCUT2D eigenvalue weighted by Crippen LogP contribution is -2.20. The second kappa shape index (κ2) is 10.6. The first-order valence-corrected chi connectivity index (χ1v) is 10.4. The minimum Gasteiger partial charge on any atom is -0.496 e. The second-order valence-electron chi connectivity index (χ2n) is 7.53. The average molecular weight is 438 g/mol. The Labute approximate surface area is 187 Å². The molecule has 0 aliphatic carbocycles. The summed E-state index contributed by atoms with van der Waals surface area (Å²) < 4.78 is 20.6. The Kier molecular flexibility index (Phi) is 7.59. The Balaban J connectivity index is 1.70. The first-order chi connectivity index (χ1) is 15.4. The van der Waals surface area contributed by atoms with Gasteiger partial charge in [0.2, 0.25) is 11.7 Å². The number of nitrogens with two attached hydrogens (primary N) is 1. The molecule has 8 heteroatoms. The lowest BCUT2D eigenvalue weighted by atomic mass is 10.1. The van der Waals surface area contributed by atoms with E-state index in [1.54, 1.807) is 19.1 Å². The SMILES string of the molecule is CCc1ccc(CN(C)c2ncnc(NCc3ccc(CC(N)=O)cc3)c2F)c(OC)c1. The first kappa shape index (κ1) is 23.0. The van der Waals surface area contributed by atoms with E-state index in [4.69, 9.17) is 10.5 Å². The van der Waals surface area contributed by atoms with Crippen molar-refractivity contribution in [3.8, 4) is 5.75 Å². The highest BCUT2D eigenvalue weighted by molar-refractivity contribution is 5.76. The maximum absolute atomic E-state index is 15.1. The maximum Gasteiger partial charge on any atom is 0.221 e. The van der Waals surface area contributed by atoms with Crippen molar-refractivity contribution in [3.05, 3.63) is 76.9 Å². The Bertz CT molecular complexity index is 1070. The van der Waals surface area contributed by atoms with Crippen molar-refractivity contribution in [3.63, 3.8) is 0 Å². The molecular weight excluding hydrogens is 409 g/mol. The maximum atomic E-state index is 15.1. The monoisotopic (exact) mass is 437 g/mol. The number of halogens is 1. The number of carbonyl (C=O) groups excluding carboxylic acids is 1.